The van der Waals surface area contributed by atoms with E-state index < -0.39 is 0 Å². The van der Waals surface area contributed by atoms with Crippen molar-refractivity contribution in [1.82, 2.24) is 5.43 Å². The Labute approximate surface area is 89.2 Å². The van der Waals surface area contributed by atoms with E-state index in [0.29, 0.717) is 11.6 Å². The first-order valence-corrected chi connectivity index (χ1v) is 4.98. The fourth-order valence-electron chi connectivity index (χ4n) is 1.01. The smallest absolute Gasteiger partial charge is 0.119 e. The third-order valence-corrected chi connectivity index (χ3v) is 2.25. The number of halogens is 1. The Morgan fingerprint density at radius 1 is 1.43 bits per heavy atom. The number of hydrogen-bond donors (Lipinski definition) is 2. The summed E-state index contributed by atoms with van der Waals surface area (Å²) in [6, 6.07) is 7.46. The molecule has 0 saturated heterocycles. The molecule has 1 aromatic rings. The van der Waals surface area contributed by atoms with Crippen LogP contribution in [0.5, 0.6) is 5.75 Å². The summed E-state index contributed by atoms with van der Waals surface area (Å²) in [5.41, 5.74) is 2.68. The monoisotopic (exact) mass is 214 g/mol. The summed E-state index contributed by atoms with van der Waals surface area (Å²) < 4.78 is 5.50. The zero-order valence-electron chi connectivity index (χ0n) is 8.16. The highest BCUT2D eigenvalue weighted by Gasteiger charge is 2.03. The maximum atomic E-state index is 5.74. The maximum Gasteiger partial charge on any atom is 0.119 e. The molecule has 0 aromatic heterocycles. The Morgan fingerprint density at radius 2 is 2.07 bits per heavy atom. The van der Waals surface area contributed by atoms with Crippen LogP contribution in [0.2, 0.25) is 5.02 Å². The second-order valence-electron chi connectivity index (χ2n) is 3.04. The van der Waals surface area contributed by atoms with E-state index in [1.54, 1.807) is 12.1 Å². The molecule has 0 aliphatic carbocycles. The van der Waals surface area contributed by atoms with E-state index in [2.05, 4.69) is 12.3 Å². The van der Waals surface area contributed by atoms with Gasteiger partial charge in [0.05, 0.1) is 6.04 Å². The Bertz CT molecular complexity index is 259. The lowest BCUT2D eigenvalue weighted by molar-refractivity contribution is 0.261. The van der Waals surface area contributed by atoms with Crippen molar-refractivity contribution >= 4 is 11.6 Å². The second kappa shape index (κ2) is 5.86. The fourth-order valence-corrected chi connectivity index (χ4v) is 1.14. The Hall–Kier alpha value is -0.770. The molecule has 4 heteroatoms. The minimum atomic E-state index is 0.186. The molecule has 0 amide bonds. The lowest BCUT2D eigenvalue weighted by Crippen LogP contribution is -2.38. The average Bonchev–Trinajstić information content (AvgIpc) is 2.22. The molecule has 78 valence electrons. The standard InChI is InChI=1S/C10H15ClN2O/c1-2-9(13-12)7-14-10-5-3-8(11)4-6-10/h3-6,9,13H,2,7,12H2,1H3. The van der Waals surface area contributed by atoms with Gasteiger partial charge in [-0.1, -0.05) is 18.5 Å². The lowest BCUT2D eigenvalue weighted by Gasteiger charge is -2.14. The van der Waals surface area contributed by atoms with E-state index in [1.165, 1.54) is 0 Å². The number of nitrogens with two attached hydrogens (primary N) is 1. The molecule has 0 aliphatic rings. The molecule has 1 rings (SSSR count). The van der Waals surface area contributed by atoms with Gasteiger partial charge in [-0.25, -0.2) is 0 Å². The van der Waals surface area contributed by atoms with Crippen molar-refractivity contribution in [3.05, 3.63) is 29.3 Å². The number of rotatable bonds is 5. The van der Waals surface area contributed by atoms with Crippen LogP contribution >= 0.6 is 11.6 Å². The first-order chi connectivity index (χ1) is 6.76. The molecule has 0 fully saturated rings. The zero-order valence-corrected chi connectivity index (χ0v) is 8.92. The van der Waals surface area contributed by atoms with Crippen LogP contribution in [0.15, 0.2) is 24.3 Å². The molecule has 1 unspecified atom stereocenters. The van der Waals surface area contributed by atoms with Gasteiger partial charge in [-0.3, -0.25) is 11.3 Å². The van der Waals surface area contributed by atoms with Gasteiger partial charge in [0.25, 0.3) is 0 Å². The molecule has 0 spiro atoms. The van der Waals surface area contributed by atoms with E-state index in [1.807, 2.05) is 12.1 Å². The number of ether oxygens (including phenoxy) is 1. The van der Waals surface area contributed by atoms with Crippen LogP contribution in [-0.4, -0.2) is 12.6 Å². The SMILES string of the molecule is CCC(COc1ccc(Cl)cc1)NN. The summed E-state index contributed by atoms with van der Waals surface area (Å²) in [5.74, 6) is 6.13. The van der Waals surface area contributed by atoms with E-state index in [-0.39, 0.29) is 6.04 Å². The highest BCUT2D eigenvalue weighted by Crippen LogP contribution is 2.15. The molecule has 1 atom stereocenters. The van der Waals surface area contributed by atoms with Crippen LogP contribution in [0.4, 0.5) is 0 Å². The fraction of sp³-hybridized carbons (Fsp3) is 0.400. The molecule has 3 N–H and O–H groups in total. The van der Waals surface area contributed by atoms with Gasteiger partial charge in [0.15, 0.2) is 0 Å². The van der Waals surface area contributed by atoms with Gasteiger partial charge >= 0.3 is 0 Å². The van der Waals surface area contributed by atoms with Gasteiger partial charge in [0, 0.05) is 5.02 Å². The Kier molecular flexibility index (Phi) is 4.73. The Morgan fingerprint density at radius 3 is 2.57 bits per heavy atom. The summed E-state index contributed by atoms with van der Waals surface area (Å²) in [5, 5.41) is 0.710. The second-order valence-corrected chi connectivity index (χ2v) is 3.47. The van der Waals surface area contributed by atoms with E-state index >= 15 is 0 Å². The highest BCUT2D eigenvalue weighted by atomic mass is 35.5. The summed E-state index contributed by atoms with van der Waals surface area (Å²) >= 11 is 5.74. The molecular weight excluding hydrogens is 200 g/mol. The predicted molar refractivity (Wildman–Crippen MR) is 58.3 cm³/mol. The first kappa shape index (κ1) is 11.3. The lowest BCUT2D eigenvalue weighted by atomic mass is 10.2. The third-order valence-electron chi connectivity index (χ3n) is 1.99. The number of hydrazine groups is 1. The molecule has 0 aliphatic heterocycles. The van der Waals surface area contributed by atoms with Crippen molar-refractivity contribution in [2.45, 2.75) is 19.4 Å². The average molecular weight is 215 g/mol. The van der Waals surface area contributed by atoms with Crippen molar-refractivity contribution in [2.24, 2.45) is 5.84 Å². The van der Waals surface area contributed by atoms with Gasteiger partial charge < -0.3 is 4.74 Å². The zero-order chi connectivity index (χ0) is 10.4. The summed E-state index contributed by atoms with van der Waals surface area (Å²) in [6.45, 7) is 2.62. The third kappa shape index (κ3) is 3.54. The maximum absolute atomic E-state index is 5.74. The van der Waals surface area contributed by atoms with Gasteiger partial charge in [-0.2, -0.15) is 0 Å². The van der Waals surface area contributed by atoms with Crippen molar-refractivity contribution in [2.75, 3.05) is 6.61 Å². The molecule has 3 nitrogen and oxygen atoms in total. The van der Waals surface area contributed by atoms with Crippen LogP contribution in [0.3, 0.4) is 0 Å². The molecule has 1 aromatic carbocycles. The van der Waals surface area contributed by atoms with Crippen LogP contribution in [0.25, 0.3) is 0 Å². The molecule has 0 saturated carbocycles. The van der Waals surface area contributed by atoms with Gasteiger partial charge in [-0.15, -0.1) is 0 Å². The highest BCUT2D eigenvalue weighted by molar-refractivity contribution is 6.30. The van der Waals surface area contributed by atoms with Gasteiger partial charge in [0.1, 0.15) is 12.4 Å². The number of nitrogens with one attached hydrogen (secondary N) is 1. The van der Waals surface area contributed by atoms with Crippen molar-refractivity contribution in [1.29, 1.82) is 0 Å². The Balaban J connectivity index is 2.41. The largest absolute Gasteiger partial charge is 0.492 e. The van der Waals surface area contributed by atoms with Crippen molar-refractivity contribution < 1.29 is 4.74 Å². The minimum Gasteiger partial charge on any atom is -0.492 e. The summed E-state index contributed by atoms with van der Waals surface area (Å²) in [6.07, 6.45) is 0.935. The van der Waals surface area contributed by atoms with Crippen molar-refractivity contribution in [3.8, 4) is 5.75 Å². The molecule has 0 radical (unpaired) electrons. The van der Waals surface area contributed by atoms with Crippen LogP contribution < -0.4 is 16.0 Å². The van der Waals surface area contributed by atoms with E-state index in [4.69, 9.17) is 22.2 Å². The normalized spacial score (nSPS) is 12.5. The molecule has 0 bridgehead atoms. The number of hydrogen-bond acceptors (Lipinski definition) is 3. The number of benzene rings is 1. The quantitative estimate of drug-likeness (QED) is 0.582. The molecular formula is C10H15ClN2O. The van der Waals surface area contributed by atoms with Gasteiger partial charge in [-0.05, 0) is 30.7 Å². The minimum absolute atomic E-state index is 0.186. The van der Waals surface area contributed by atoms with Crippen LogP contribution in [0.1, 0.15) is 13.3 Å². The van der Waals surface area contributed by atoms with E-state index in [9.17, 15) is 0 Å². The first-order valence-electron chi connectivity index (χ1n) is 4.60. The topological polar surface area (TPSA) is 47.3 Å². The van der Waals surface area contributed by atoms with Crippen molar-refractivity contribution in [3.63, 3.8) is 0 Å². The molecule has 14 heavy (non-hydrogen) atoms. The van der Waals surface area contributed by atoms with E-state index in [0.717, 1.165) is 12.2 Å². The summed E-state index contributed by atoms with van der Waals surface area (Å²) in [7, 11) is 0. The predicted octanol–water partition coefficient (Wildman–Crippen LogP) is 1.96. The van der Waals surface area contributed by atoms with Gasteiger partial charge in [0.2, 0.25) is 0 Å². The summed E-state index contributed by atoms with van der Waals surface area (Å²) in [4.78, 5) is 0. The van der Waals surface area contributed by atoms with Crippen LogP contribution in [0, 0.1) is 0 Å². The van der Waals surface area contributed by atoms with Crippen LogP contribution in [-0.2, 0) is 0 Å². The molecule has 0 heterocycles.